The number of amides is 1. The Kier molecular flexibility index (Phi) is 5.39. The normalized spacial score (nSPS) is 12.4. The molecular formula is C17H20N2O3S. The zero-order valence-electron chi connectivity index (χ0n) is 13.1. The molecule has 0 bridgehead atoms. The van der Waals surface area contributed by atoms with Gasteiger partial charge in [-0.1, -0.05) is 49.4 Å². The lowest BCUT2D eigenvalue weighted by molar-refractivity contribution is 0.0952. The van der Waals surface area contributed by atoms with E-state index in [-0.39, 0.29) is 17.5 Å². The Hall–Kier alpha value is -2.34. The summed E-state index contributed by atoms with van der Waals surface area (Å²) in [6, 6.07) is 16.4. The Balaban J connectivity index is 2.07. The second kappa shape index (κ2) is 7.28. The Morgan fingerprint density at radius 3 is 2.30 bits per heavy atom. The van der Waals surface area contributed by atoms with E-state index in [0.717, 1.165) is 11.8 Å². The second-order valence-electron chi connectivity index (χ2n) is 5.44. The maximum Gasteiger partial charge on any atom is 0.253 e. The third-order valence-corrected chi connectivity index (χ3v) is 4.00. The van der Waals surface area contributed by atoms with Gasteiger partial charge in [0.05, 0.1) is 17.5 Å². The molecule has 2 aromatic rings. The van der Waals surface area contributed by atoms with Crippen molar-refractivity contribution in [2.24, 2.45) is 0 Å². The maximum atomic E-state index is 12.3. The first-order valence-electron chi connectivity index (χ1n) is 7.27. The molecule has 6 heteroatoms. The van der Waals surface area contributed by atoms with E-state index in [9.17, 15) is 13.2 Å². The second-order valence-corrected chi connectivity index (χ2v) is 7.19. The minimum absolute atomic E-state index is 0.162. The molecule has 0 aromatic heterocycles. The van der Waals surface area contributed by atoms with Crippen molar-refractivity contribution >= 4 is 21.6 Å². The average molecular weight is 332 g/mol. The highest BCUT2D eigenvalue weighted by molar-refractivity contribution is 7.92. The molecule has 0 aliphatic rings. The zero-order valence-corrected chi connectivity index (χ0v) is 13.9. The van der Waals surface area contributed by atoms with E-state index in [4.69, 9.17) is 0 Å². The lowest BCUT2D eigenvalue weighted by atomic mass is 10.0. The first-order chi connectivity index (χ1) is 10.9. The van der Waals surface area contributed by atoms with Gasteiger partial charge in [-0.3, -0.25) is 9.52 Å². The van der Waals surface area contributed by atoms with E-state index in [2.05, 4.69) is 10.0 Å². The molecule has 0 saturated carbocycles. The van der Waals surface area contributed by atoms with E-state index in [1.807, 2.05) is 37.3 Å². The fraction of sp³-hybridized carbons (Fsp3) is 0.235. The number of nitrogens with one attached hydrogen (secondary N) is 2. The summed E-state index contributed by atoms with van der Waals surface area (Å²) in [4.78, 5) is 12.3. The van der Waals surface area contributed by atoms with Crippen LogP contribution in [0.2, 0.25) is 0 Å². The lowest BCUT2D eigenvalue weighted by Gasteiger charge is -2.15. The third kappa shape index (κ3) is 5.10. The van der Waals surface area contributed by atoms with Crippen LogP contribution in [0.5, 0.6) is 0 Å². The molecule has 5 nitrogen and oxygen atoms in total. The van der Waals surface area contributed by atoms with Crippen LogP contribution in [-0.2, 0) is 10.0 Å². The van der Waals surface area contributed by atoms with Gasteiger partial charge in [0, 0.05) is 6.54 Å². The number of carbonyl (C=O) groups excluding carboxylic acids is 1. The molecule has 1 atom stereocenters. The molecule has 0 aliphatic carbocycles. The monoisotopic (exact) mass is 332 g/mol. The van der Waals surface area contributed by atoms with Gasteiger partial charge in [0.15, 0.2) is 0 Å². The van der Waals surface area contributed by atoms with Crippen LogP contribution in [0.1, 0.15) is 28.8 Å². The molecular weight excluding hydrogens is 312 g/mol. The van der Waals surface area contributed by atoms with Crippen molar-refractivity contribution in [3.8, 4) is 0 Å². The van der Waals surface area contributed by atoms with Gasteiger partial charge >= 0.3 is 0 Å². The van der Waals surface area contributed by atoms with Gasteiger partial charge in [-0.15, -0.1) is 0 Å². The standard InChI is InChI=1S/C17H20N2O3S/c1-13(14-8-4-3-5-9-14)12-18-17(20)15-10-6-7-11-16(15)19-23(2,21)22/h3-11,13,19H,12H2,1-2H3,(H,18,20). The lowest BCUT2D eigenvalue weighted by Crippen LogP contribution is -2.28. The largest absolute Gasteiger partial charge is 0.351 e. The van der Waals surface area contributed by atoms with E-state index in [1.54, 1.807) is 24.3 Å². The molecule has 0 heterocycles. The number of carbonyl (C=O) groups is 1. The van der Waals surface area contributed by atoms with E-state index in [1.165, 1.54) is 0 Å². The predicted octanol–water partition coefficient (Wildman–Crippen LogP) is 2.59. The molecule has 0 fully saturated rings. The van der Waals surface area contributed by atoms with Crippen LogP contribution in [0.4, 0.5) is 5.69 Å². The van der Waals surface area contributed by atoms with Crippen LogP contribution in [-0.4, -0.2) is 27.1 Å². The summed E-state index contributed by atoms with van der Waals surface area (Å²) in [5, 5.41) is 2.85. The molecule has 0 spiro atoms. The van der Waals surface area contributed by atoms with E-state index < -0.39 is 10.0 Å². The van der Waals surface area contributed by atoms with Crippen molar-refractivity contribution in [2.75, 3.05) is 17.5 Å². The van der Waals surface area contributed by atoms with Crippen LogP contribution in [0, 0.1) is 0 Å². The van der Waals surface area contributed by atoms with Crippen LogP contribution < -0.4 is 10.0 Å². The highest BCUT2D eigenvalue weighted by atomic mass is 32.2. The summed E-state index contributed by atoms with van der Waals surface area (Å²) < 4.78 is 25.1. The van der Waals surface area contributed by atoms with E-state index in [0.29, 0.717) is 12.1 Å². The van der Waals surface area contributed by atoms with Gasteiger partial charge in [0.2, 0.25) is 10.0 Å². The Labute approximate surface area is 136 Å². The summed E-state index contributed by atoms with van der Waals surface area (Å²) in [5.74, 6) is -0.144. The predicted molar refractivity (Wildman–Crippen MR) is 92.1 cm³/mol. The molecule has 0 aliphatic heterocycles. The molecule has 0 radical (unpaired) electrons. The van der Waals surface area contributed by atoms with E-state index >= 15 is 0 Å². The summed E-state index contributed by atoms with van der Waals surface area (Å²) in [5.41, 5.74) is 1.72. The topological polar surface area (TPSA) is 75.3 Å². The fourth-order valence-corrected chi connectivity index (χ4v) is 2.79. The van der Waals surface area contributed by atoms with Gasteiger partial charge in [-0.25, -0.2) is 8.42 Å². The van der Waals surface area contributed by atoms with Gasteiger partial charge < -0.3 is 5.32 Å². The van der Waals surface area contributed by atoms with Crippen LogP contribution >= 0.6 is 0 Å². The van der Waals surface area contributed by atoms with Crippen LogP contribution in [0.15, 0.2) is 54.6 Å². The number of hydrogen-bond donors (Lipinski definition) is 2. The quantitative estimate of drug-likeness (QED) is 0.854. The molecule has 1 unspecified atom stereocenters. The Bertz CT molecular complexity index is 773. The van der Waals surface area contributed by atoms with Gasteiger partial charge in [0.1, 0.15) is 0 Å². The summed E-state index contributed by atoms with van der Waals surface area (Å²) in [6.45, 7) is 2.49. The van der Waals surface area contributed by atoms with Crippen molar-refractivity contribution in [3.63, 3.8) is 0 Å². The van der Waals surface area contributed by atoms with Crippen molar-refractivity contribution < 1.29 is 13.2 Å². The SMILES string of the molecule is CC(CNC(=O)c1ccccc1NS(C)(=O)=O)c1ccccc1. The highest BCUT2D eigenvalue weighted by Crippen LogP contribution is 2.17. The first-order valence-corrected chi connectivity index (χ1v) is 9.16. The number of rotatable bonds is 6. The third-order valence-electron chi connectivity index (χ3n) is 3.40. The number of hydrogen-bond acceptors (Lipinski definition) is 3. The first kappa shape index (κ1) is 17.0. The molecule has 2 rings (SSSR count). The van der Waals surface area contributed by atoms with Crippen molar-refractivity contribution in [2.45, 2.75) is 12.8 Å². The van der Waals surface area contributed by atoms with Gasteiger partial charge in [-0.05, 0) is 23.6 Å². The summed E-state index contributed by atoms with van der Waals surface area (Å²) in [7, 11) is -3.44. The van der Waals surface area contributed by atoms with Crippen molar-refractivity contribution in [3.05, 3.63) is 65.7 Å². The molecule has 2 aromatic carbocycles. The number of para-hydroxylation sites is 1. The van der Waals surface area contributed by atoms with Crippen molar-refractivity contribution in [1.82, 2.24) is 5.32 Å². The van der Waals surface area contributed by atoms with Gasteiger partial charge in [0.25, 0.3) is 5.91 Å². The summed E-state index contributed by atoms with van der Waals surface area (Å²) >= 11 is 0. The van der Waals surface area contributed by atoms with Crippen LogP contribution in [0.25, 0.3) is 0 Å². The van der Waals surface area contributed by atoms with Gasteiger partial charge in [-0.2, -0.15) is 0 Å². The maximum absolute atomic E-state index is 12.3. The molecule has 2 N–H and O–H groups in total. The molecule has 122 valence electrons. The average Bonchev–Trinajstić information content (AvgIpc) is 2.52. The number of anilines is 1. The fourth-order valence-electron chi connectivity index (χ4n) is 2.21. The zero-order chi connectivity index (χ0) is 16.9. The minimum Gasteiger partial charge on any atom is -0.351 e. The summed E-state index contributed by atoms with van der Waals surface area (Å²) in [6.07, 6.45) is 1.05. The number of sulfonamides is 1. The number of benzene rings is 2. The molecule has 23 heavy (non-hydrogen) atoms. The molecule has 0 saturated heterocycles. The highest BCUT2D eigenvalue weighted by Gasteiger charge is 2.14. The van der Waals surface area contributed by atoms with Crippen molar-refractivity contribution in [1.29, 1.82) is 0 Å². The Morgan fingerprint density at radius 1 is 1.04 bits per heavy atom. The smallest absolute Gasteiger partial charge is 0.253 e. The molecule has 1 amide bonds. The van der Waals surface area contributed by atoms with Crippen LogP contribution in [0.3, 0.4) is 0 Å². The Morgan fingerprint density at radius 2 is 1.65 bits per heavy atom. The minimum atomic E-state index is -3.44.